The van der Waals surface area contributed by atoms with E-state index >= 15 is 0 Å². The van der Waals surface area contributed by atoms with Crippen molar-refractivity contribution < 1.29 is 4.63 Å². The number of fused-ring (bicyclic) bond motifs is 4. The van der Waals surface area contributed by atoms with Crippen LogP contribution in [0.4, 0.5) is 0 Å². The highest BCUT2D eigenvalue weighted by Crippen LogP contribution is 2.21. The Morgan fingerprint density at radius 3 is 2.35 bits per heavy atom. The average molecular weight is 226 g/mol. The summed E-state index contributed by atoms with van der Waals surface area (Å²) in [6.45, 7) is 0. The van der Waals surface area contributed by atoms with Gasteiger partial charge in [0.2, 0.25) is 16.7 Å². The van der Waals surface area contributed by atoms with E-state index in [0.717, 1.165) is 5.39 Å². The molecule has 0 aliphatic rings. The molecule has 0 unspecified atom stereocenters. The van der Waals surface area contributed by atoms with Crippen molar-refractivity contribution in [3.63, 3.8) is 0 Å². The molecule has 0 bridgehead atoms. The number of rotatable bonds is 0. The van der Waals surface area contributed by atoms with Crippen LogP contribution in [-0.2, 0) is 0 Å². The van der Waals surface area contributed by atoms with Gasteiger partial charge in [-0.3, -0.25) is 9.42 Å². The molecule has 2 heterocycles. The minimum absolute atomic E-state index is 0.0976. The zero-order valence-electron chi connectivity index (χ0n) is 8.52. The van der Waals surface area contributed by atoms with Gasteiger partial charge in [0.25, 0.3) is 0 Å². The van der Waals surface area contributed by atoms with Gasteiger partial charge in [-0.25, -0.2) is 9.97 Å². The zero-order valence-corrected chi connectivity index (χ0v) is 8.52. The molecule has 0 saturated carbocycles. The first-order valence-electron chi connectivity index (χ1n) is 5.08. The van der Waals surface area contributed by atoms with Crippen molar-refractivity contribution in [2.75, 3.05) is 0 Å². The minimum Gasteiger partial charge on any atom is -0.293 e. The lowest BCUT2D eigenvalue weighted by atomic mass is 10.2. The van der Waals surface area contributed by atoms with E-state index in [4.69, 9.17) is 4.63 Å². The lowest BCUT2D eigenvalue weighted by Crippen LogP contribution is -1.97. The Bertz CT molecular complexity index is 915. The fraction of sp³-hybridized carbons (Fsp3) is 0. The zero-order chi connectivity index (χ0) is 11.4. The van der Waals surface area contributed by atoms with Crippen molar-refractivity contribution in [3.8, 4) is 0 Å². The summed E-state index contributed by atoms with van der Waals surface area (Å²) in [5, 5.41) is 6.58. The smallest absolute Gasteiger partial charge is 0.214 e. The van der Waals surface area contributed by atoms with Crippen molar-refractivity contribution in [1.29, 1.82) is 0 Å². The van der Waals surface area contributed by atoms with E-state index in [1.165, 1.54) is 0 Å². The van der Waals surface area contributed by atoms with Crippen molar-refractivity contribution >= 4 is 33.1 Å². The molecule has 2 N–H and O–H groups in total. The molecule has 0 amide bonds. The quantitative estimate of drug-likeness (QED) is 0.476. The molecule has 6 nitrogen and oxygen atoms in total. The van der Waals surface area contributed by atoms with Crippen LogP contribution in [0.5, 0.6) is 0 Å². The van der Waals surface area contributed by atoms with Crippen LogP contribution in [0.2, 0.25) is 0 Å². The third-order valence-electron chi connectivity index (χ3n) is 2.83. The molecule has 0 atom stereocenters. The third-order valence-corrected chi connectivity index (χ3v) is 2.83. The fourth-order valence-corrected chi connectivity index (χ4v) is 2.06. The van der Waals surface area contributed by atoms with Crippen LogP contribution in [0.25, 0.3) is 33.1 Å². The number of nitrogens with one attached hydrogen (secondary N) is 2. The normalized spacial score (nSPS) is 11.8. The first-order chi connectivity index (χ1) is 8.34. The van der Waals surface area contributed by atoms with Crippen molar-refractivity contribution in [2.45, 2.75) is 0 Å². The topological polar surface area (TPSA) is 87.6 Å². The molecular weight excluding hydrogens is 220 g/mol. The molecule has 17 heavy (non-hydrogen) atoms. The Labute approximate surface area is 93.2 Å². The Morgan fingerprint density at radius 2 is 1.59 bits per heavy atom. The van der Waals surface area contributed by atoms with E-state index in [0.29, 0.717) is 27.7 Å². The van der Waals surface area contributed by atoms with Crippen molar-refractivity contribution in [2.24, 2.45) is 0 Å². The van der Waals surface area contributed by atoms with Gasteiger partial charge in [-0.05, 0) is 0 Å². The number of nitrogens with zero attached hydrogens (tertiary/aromatic N) is 2. The van der Waals surface area contributed by atoms with Crippen molar-refractivity contribution in [3.05, 3.63) is 34.5 Å². The van der Waals surface area contributed by atoms with Crippen LogP contribution >= 0.6 is 0 Å². The SMILES string of the molecule is O=c1c2ccccc2c2nc3[nH]o[nH]c3nc12. The second-order valence-electron chi connectivity index (χ2n) is 3.80. The molecule has 0 radical (unpaired) electrons. The summed E-state index contributed by atoms with van der Waals surface area (Å²) in [5.74, 6) is 0. The number of aromatic nitrogens is 4. The second-order valence-corrected chi connectivity index (χ2v) is 3.80. The Morgan fingerprint density at radius 1 is 0.941 bits per heavy atom. The molecule has 0 fully saturated rings. The maximum atomic E-state index is 12.1. The Balaban J connectivity index is 2.40. The van der Waals surface area contributed by atoms with Gasteiger partial charge < -0.3 is 0 Å². The number of benzene rings is 1. The first-order valence-corrected chi connectivity index (χ1v) is 5.08. The minimum atomic E-state index is -0.0976. The molecule has 4 rings (SSSR count). The molecule has 4 aromatic rings. The summed E-state index contributed by atoms with van der Waals surface area (Å²) >= 11 is 0. The van der Waals surface area contributed by atoms with Gasteiger partial charge in [0.05, 0.1) is 0 Å². The van der Waals surface area contributed by atoms with Crippen LogP contribution in [0.3, 0.4) is 0 Å². The summed E-state index contributed by atoms with van der Waals surface area (Å²) in [7, 11) is 0. The molecule has 0 saturated heterocycles. The first kappa shape index (κ1) is 8.51. The second kappa shape index (κ2) is 2.73. The van der Waals surface area contributed by atoms with E-state index in [-0.39, 0.29) is 5.43 Å². The van der Waals surface area contributed by atoms with Crippen LogP contribution < -0.4 is 5.43 Å². The largest absolute Gasteiger partial charge is 0.293 e. The molecule has 6 heteroatoms. The summed E-state index contributed by atoms with van der Waals surface area (Å²) in [6.07, 6.45) is 0. The summed E-state index contributed by atoms with van der Waals surface area (Å²) in [4.78, 5) is 20.7. The standard InChI is InChI=1S/C11H6N4O2/c16-9-6-4-2-1-3-5(6)7-8(9)13-11-10(12-7)14-17-15-11/h1-4H,(H,12,14)(H,13,15). The highest BCUT2D eigenvalue weighted by atomic mass is 16.6. The molecule has 2 aromatic heterocycles. The van der Waals surface area contributed by atoms with Gasteiger partial charge in [-0.2, -0.15) is 10.3 Å². The van der Waals surface area contributed by atoms with Gasteiger partial charge in [-0.15, -0.1) is 0 Å². The molecule has 2 aromatic carbocycles. The number of hydrogen-bond donors (Lipinski definition) is 2. The van der Waals surface area contributed by atoms with Gasteiger partial charge in [-0.1, -0.05) is 24.3 Å². The van der Waals surface area contributed by atoms with Crippen LogP contribution in [0.1, 0.15) is 0 Å². The van der Waals surface area contributed by atoms with E-state index < -0.39 is 0 Å². The maximum absolute atomic E-state index is 12.1. The Kier molecular flexibility index (Phi) is 1.37. The molecule has 0 aliphatic heterocycles. The summed E-state index contributed by atoms with van der Waals surface area (Å²) < 4.78 is 4.78. The monoisotopic (exact) mass is 226 g/mol. The van der Waals surface area contributed by atoms with Crippen molar-refractivity contribution in [1.82, 2.24) is 20.3 Å². The van der Waals surface area contributed by atoms with Crippen LogP contribution in [0.15, 0.2) is 33.7 Å². The van der Waals surface area contributed by atoms with Gasteiger partial charge in [0.1, 0.15) is 11.0 Å². The predicted octanol–water partition coefficient (Wildman–Crippen LogP) is 1.55. The summed E-state index contributed by atoms with van der Waals surface area (Å²) in [5.41, 5.74) is 1.80. The number of hydrogen-bond acceptors (Lipinski definition) is 4. The van der Waals surface area contributed by atoms with Crippen LogP contribution in [0, 0.1) is 0 Å². The average Bonchev–Trinajstić information content (AvgIpc) is 2.92. The molecule has 0 aliphatic carbocycles. The predicted molar refractivity (Wildman–Crippen MR) is 61.8 cm³/mol. The lowest BCUT2D eigenvalue weighted by Gasteiger charge is -1.89. The molecule has 82 valence electrons. The van der Waals surface area contributed by atoms with E-state index in [1.54, 1.807) is 6.07 Å². The van der Waals surface area contributed by atoms with Gasteiger partial charge in [0.15, 0.2) is 0 Å². The molecular formula is C11H6N4O2. The fourth-order valence-electron chi connectivity index (χ4n) is 2.06. The van der Waals surface area contributed by atoms with E-state index in [2.05, 4.69) is 20.3 Å². The van der Waals surface area contributed by atoms with E-state index in [1.807, 2.05) is 18.2 Å². The highest BCUT2D eigenvalue weighted by Gasteiger charge is 2.14. The Hall–Kier alpha value is -2.63. The van der Waals surface area contributed by atoms with Gasteiger partial charge in [0, 0.05) is 10.8 Å². The third kappa shape index (κ3) is 0.963. The highest BCUT2D eigenvalue weighted by molar-refractivity contribution is 6.09. The van der Waals surface area contributed by atoms with Gasteiger partial charge >= 0.3 is 0 Å². The number of H-pyrrole nitrogens is 2. The van der Waals surface area contributed by atoms with E-state index in [9.17, 15) is 4.79 Å². The summed E-state index contributed by atoms with van der Waals surface area (Å²) in [6, 6.07) is 7.35. The maximum Gasteiger partial charge on any atom is 0.214 e. The lowest BCUT2D eigenvalue weighted by molar-refractivity contribution is 0.314. The molecule has 0 spiro atoms. The number of aromatic amines is 2. The van der Waals surface area contributed by atoms with Crippen LogP contribution in [-0.4, -0.2) is 20.3 Å².